The third-order valence-corrected chi connectivity index (χ3v) is 6.20. The fraction of sp³-hybridized carbons (Fsp3) is 0.148. The normalized spacial score (nSPS) is 10.7. The van der Waals surface area contributed by atoms with Crippen molar-refractivity contribution in [3.63, 3.8) is 0 Å². The predicted molar refractivity (Wildman–Crippen MR) is 135 cm³/mol. The highest BCUT2D eigenvalue weighted by Gasteiger charge is 2.13. The second-order valence-corrected chi connectivity index (χ2v) is 9.02. The zero-order chi connectivity index (χ0) is 23.5. The summed E-state index contributed by atoms with van der Waals surface area (Å²) in [5.41, 5.74) is 7.65. The number of rotatable bonds is 5. The molecule has 6 heteroatoms. The van der Waals surface area contributed by atoms with Gasteiger partial charge in [-0.3, -0.25) is 14.9 Å². The molecule has 1 aromatic heterocycles. The van der Waals surface area contributed by atoms with Gasteiger partial charge in [-0.25, -0.2) is 4.98 Å². The monoisotopic (exact) mass is 455 g/mol. The molecule has 0 spiro atoms. The van der Waals surface area contributed by atoms with E-state index in [-0.39, 0.29) is 11.8 Å². The molecule has 5 nitrogen and oxygen atoms in total. The second-order valence-electron chi connectivity index (χ2n) is 8.16. The third-order valence-electron chi connectivity index (χ3n) is 5.44. The topological polar surface area (TPSA) is 71.1 Å². The Morgan fingerprint density at radius 3 is 1.85 bits per heavy atom. The Kier molecular flexibility index (Phi) is 6.38. The molecule has 0 radical (unpaired) electrons. The average Bonchev–Trinajstić information content (AvgIpc) is 3.25. The van der Waals surface area contributed by atoms with Gasteiger partial charge in [0, 0.05) is 27.8 Å². The van der Waals surface area contributed by atoms with Crippen LogP contribution in [0.5, 0.6) is 0 Å². The zero-order valence-electron chi connectivity index (χ0n) is 19.0. The van der Waals surface area contributed by atoms with Gasteiger partial charge in [0.2, 0.25) is 0 Å². The van der Waals surface area contributed by atoms with E-state index in [2.05, 4.69) is 15.6 Å². The van der Waals surface area contributed by atoms with Crippen molar-refractivity contribution in [2.45, 2.75) is 27.7 Å². The van der Waals surface area contributed by atoms with Gasteiger partial charge in [-0.2, -0.15) is 0 Å². The smallest absolute Gasteiger partial charge is 0.257 e. The highest BCUT2D eigenvalue weighted by molar-refractivity contribution is 7.14. The van der Waals surface area contributed by atoms with Gasteiger partial charge in [-0.05, 0) is 63.1 Å². The Hall–Kier alpha value is -3.77. The molecule has 0 saturated carbocycles. The molecule has 33 heavy (non-hydrogen) atoms. The Morgan fingerprint density at radius 1 is 0.727 bits per heavy atom. The lowest BCUT2D eigenvalue weighted by Gasteiger charge is -2.09. The van der Waals surface area contributed by atoms with Crippen molar-refractivity contribution < 1.29 is 9.59 Å². The van der Waals surface area contributed by atoms with E-state index in [9.17, 15) is 9.59 Å². The number of carbonyl (C=O) groups excluding carboxylic acids is 2. The van der Waals surface area contributed by atoms with E-state index in [0.29, 0.717) is 21.9 Å². The molecule has 0 bridgehead atoms. The fourth-order valence-corrected chi connectivity index (χ4v) is 4.23. The maximum Gasteiger partial charge on any atom is 0.257 e. The zero-order valence-corrected chi connectivity index (χ0v) is 19.8. The molecule has 0 saturated heterocycles. The minimum atomic E-state index is -0.165. The molecule has 0 atom stereocenters. The molecule has 0 aliphatic carbocycles. The molecular weight excluding hydrogens is 430 g/mol. The molecule has 0 fully saturated rings. The Bertz CT molecular complexity index is 1340. The average molecular weight is 456 g/mol. The van der Waals surface area contributed by atoms with Crippen LogP contribution in [0.1, 0.15) is 43.0 Å². The van der Waals surface area contributed by atoms with Crippen LogP contribution in [-0.2, 0) is 0 Å². The molecule has 3 aromatic carbocycles. The molecule has 0 unspecified atom stereocenters. The van der Waals surface area contributed by atoms with Gasteiger partial charge >= 0.3 is 0 Å². The summed E-state index contributed by atoms with van der Waals surface area (Å²) in [7, 11) is 0. The maximum atomic E-state index is 12.7. The van der Waals surface area contributed by atoms with E-state index in [1.807, 2.05) is 93.7 Å². The largest absolute Gasteiger partial charge is 0.322 e. The lowest BCUT2D eigenvalue weighted by atomic mass is 10.0. The summed E-state index contributed by atoms with van der Waals surface area (Å²) in [6.45, 7) is 7.78. The van der Waals surface area contributed by atoms with Gasteiger partial charge in [0.15, 0.2) is 5.13 Å². The highest BCUT2D eigenvalue weighted by Crippen LogP contribution is 2.27. The van der Waals surface area contributed by atoms with Gasteiger partial charge in [-0.15, -0.1) is 11.3 Å². The minimum absolute atomic E-state index is 0.131. The van der Waals surface area contributed by atoms with Crippen LogP contribution in [0.15, 0.2) is 66.0 Å². The molecule has 0 aliphatic heterocycles. The van der Waals surface area contributed by atoms with Crippen molar-refractivity contribution in [2.75, 3.05) is 10.6 Å². The van der Waals surface area contributed by atoms with Gasteiger partial charge in [0.25, 0.3) is 11.8 Å². The third kappa shape index (κ3) is 5.18. The molecule has 4 rings (SSSR count). The lowest BCUT2D eigenvalue weighted by Crippen LogP contribution is -2.13. The number of nitrogens with zero attached hydrogens (tertiary/aromatic N) is 1. The molecule has 1 heterocycles. The fourth-order valence-electron chi connectivity index (χ4n) is 3.51. The summed E-state index contributed by atoms with van der Waals surface area (Å²) < 4.78 is 0. The molecule has 166 valence electrons. The Labute approximate surface area is 197 Å². The number of benzene rings is 3. The number of aryl methyl sites for hydroxylation is 4. The van der Waals surface area contributed by atoms with Crippen LogP contribution in [0.2, 0.25) is 0 Å². The van der Waals surface area contributed by atoms with Gasteiger partial charge < -0.3 is 5.32 Å². The standard InChI is InChI=1S/C27H25N3O2S/c1-16-5-7-18(3)22(13-16)25(31)28-21-11-9-20(10-12-21)24-15-33-27(29-24)30-26(32)23-14-17(2)6-8-19(23)4/h5-15H,1-4H3,(H,28,31)(H,29,30,32). The van der Waals surface area contributed by atoms with E-state index in [0.717, 1.165) is 33.5 Å². The summed E-state index contributed by atoms with van der Waals surface area (Å²) in [4.78, 5) is 29.9. The van der Waals surface area contributed by atoms with Gasteiger partial charge in [-0.1, -0.05) is 47.5 Å². The van der Waals surface area contributed by atoms with Crippen LogP contribution < -0.4 is 10.6 Å². The number of thiazole rings is 1. The first-order valence-corrected chi connectivity index (χ1v) is 11.5. The van der Waals surface area contributed by atoms with Crippen molar-refractivity contribution in [3.8, 4) is 11.3 Å². The first-order chi connectivity index (χ1) is 15.8. The second kappa shape index (κ2) is 9.38. The first kappa shape index (κ1) is 22.4. The number of carbonyl (C=O) groups is 2. The molecule has 4 aromatic rings. The summed E-state index contributed by atoms with van der Waals surface area (Å²) in [5, 5.41) is 8.29. The first-order valence-electron chi connectivity index (χ1n) is 10.6. The van der Waals surface area contributed by atoms with Crippen molar-refractivity contribution in [1.29, 1.82) is 0 Å². The van der Waals surface area contributed by atoms with Crippen LogP contribution in [0.3, 0.4) is 0 Å². The lowest BCUT2D eigenvalue weighted by molar-refractivity contribution is 0.101. The summed E-state index contributed by atoms with van der Waals surface area (Å²) in [6.07, 6.45) is 0. The number of amides is 2. The van der Waals surface area contributed by atoms with Crippen LogP contribution in [0.4, 0.5) is 10.8 Å². The summed E-state index contributed by atoms with van der Waals surface area (Å²) in [5.74, 6) is -0.296. The number of hydrogen-bond donors (Lipinski definition) is 2. The van der Waals surface area contributed by atoms with Crippen LogP contribution in [0, 0.1) is 27.7 Å². The van der Waals surface area contributed by atoms with E-state index >= 15 is 0 Å². The van der Waals surface area contributed by atoms with Crippen molar-refractivity contribution in [1.82, 2.24) is 4.98 Å². The minimum Gasteiger partial charge on any atom is -0.322 e. The summed E-state index contributed by atoms with van der Waals surface area (Å²) in [6, 6.07) is 19.2. The van der Waals surface area contributed by atoms with E-state index < -0.39 is 0 Å². The Balaban J connectivity index is 1.44. The number of anilines is 2. The molecule has 0 aliphatic rings. The van der Waals surface area contributed by atoms with Crippen LogP contribution >= 0.6 is 11.3 Å². The quantitative estimate of drug-likeness (QED) is 0.358. The SMILES string of the molecule is Cc1ccc(C)c(C(=O)Nc2ccc(-c3csc(NC(=O)c4cc(C)ccc4C)n3)cc2)c1. The molecule has 2 amide bonds. The maximum absolute atomic E-state index is 12.7. The number of aromatic nitrogens is 1. The Morgan fingerprint density at radius 2 is 1.27 bits per heavy atom. The van der Waals surface area contributed by atoms with E-state index in [1.54, 1.807) is 0 Å². The van der Waals surface area contributed by atoms with Crippen LogP contribution in [-0.4, -0.2) is 16.8 Å². The van der Waals surface area contributed by atoms with Crippen molar-refractivity contribution >= 4 is 34.0 Å². The number of nitrogens with one attached hydrogen (secondary N) is 2. The van der Waals surface area contributed by atoms with E-state index in [4.69, 9.17) is 0 Å². The van der Waals surface area contributed by atoms with Gasteiger partial charge in [0.05, 0.1) is 5.69 Å². The number of hydrogen-bond acceptors (Lipinski definition) is 4. The van der Waals surface area contributed by atoms with Crippen LogP contribution in [0.25, 0.3) is 11.3 Å². The van der Waals surface area contributed by atoms with Crippen molar-refractivity contribution in [3.05, 3.63) is 99.4 Å². The van der Waals surface area contributed by atoms with E-state index in [1.165, 1.54) is 11.3 Å². The predicted octanol–water partition coefficient (Wildman–Crippen LogP) is 6.55. The summed E-state index contributed by atoms with van der Waals surface area (Å²) >= 11 is 1.38. The van der Waals surface area contributed by atoms with Gasteiger partial charge in [0.1, 0.15) is 0 Å². The molecular formula is C27H25N3O2S. The molecule has 2 N–H and O–H groups in total. The van der Waals surface area contributed by atoms with Crippen molar-refractivity contribution in [2.24, 2.45) is 0 Å². The highest BCUT2D eigenvalue weighted by atomic mass is 32.1.